The van der Waals surface area contributed by atoms with Crippen LogP contribution in [0.3, 0.4) is 0 Å². The summed E-state index contributed by atoms with van der Waals surface area (Å²) in [6.45, 7) is 0. The molecule has 0 aliphatic rings. The van der Waals surface area contributed by atoms with E-state index in [1.54, 1.807) is 24.5 Å². The van der Waals surface area contributed by atoms with Crippen LogP contribution in [0.5, 0.6) is 0 Å². The van der Waals surface area contributed by atoms with Crippen molar-refractivity contribution in [1.82, 2.24) is 9.97 Å². The Hall–Kier alpha value is -3.94. The minimum Gasteiger partial charge on any atom is -0.336 e. The standard InChI is InChI=1S/C31H18N2O.Pt/c34-31(25-11-5-9-23(19-25)29-27-13-3-1-7-21(27)15-17-32-29)26-12-6-10-24(20-26)30-28-14-4-2-8-22(28)16-18-33-30;/h1-18H;/q-2;+2. The van der Waals surface area contributed by atoms with E-state index in [0.717, 1.165) is 44.1 Å². The van der Waals surface area contributed by atoms with Crippen LogP contribution in [0.25, 0.3) is 44.1 Å². The molecule has 0 fully saturated rings. The van der Waals surface area contributed by atoms with Gasteiger partial charge in [-0.2, -0.15) is 0 Å². The zero-order valence-corrected chi connectivity index (χ0v) is 20.8. The second-order valence-electron chi connectivity index (χ2n) is 8.05. The molecule has 0 spiro atoms. The molecule has 0 unspecified atom stereocenters. The van der Waals surface area contributed by atoms with Crippen molar-refractivity contribution in [3.63, 3.8) is 0 Å². The topological polar surface area (TPSA) is 42.9 Å². The predicted molar refractivity (Wildman–Crippen MR) is 135 cm³/mol. The number of aromatic nitrogens is 2. The molecule has 0 radical (unpaired) electrons. The summed E-state index contributed by atoms with van der Waals surface area (Å²) in [5.41, 5.74) is 4.15. The zero-order valence-electron chi connectivity index (χ0n) is 18.5. The van der Waals surface area contributed by atoms with E-state index in [4.69, 9.17) is 0 Å². The molecule has 0 saturated heterocycles. The molecule has 0 bridgehead atoms. The molecule has 2 heterocycles. The minimum atomic E-state index is -0.135. The van der Waals surface area contributed by atoms with Gasteiger partial charge in [0.2, 0.25) is 0 Å². The Morgan fingerprint density at radius 2 is 1.00 bits per heavy atom. The number of carbonyl (C=O) groups excluding carboxylic acids is 1. The van der Waals surface area contributed by atoms with Crippen molar-refractivity contribution in [2.24, 2.45) is 0 Å². The van der Waals surface area contributed by atoms with E-state index in [1.165, 1.54) is 0 Å². The Bertz CT molecular complexity index is 1560. The molecule has 0 aliphatic heterocycles. The first-order valence-corrected chi connectivity index (χ1v) is 11.1. The van der Waals surface area contributed by atoms with Crippen molar-refractivity contribution >= 4 is 27.3 Å². The molecule has 0 atom stereocenters. The summed E-state index contributed by atoms with van der Waals surface area (Å²) in [7, 11) is 0. The summed E-state index contributed by atoms with van der Waals surface area (Å²) in [4.78, 5) is 22.6. The van der Waals surface area contributed by atoms with Gasteiger partial charge in [-0.3, -0.25) is 9.97 Å². The maximum Gasteiger partial charge on any atom is 2.00 e. The van der Waals surface area contributed by atoms with Crippen LogP contribution in [-0.4, -0.2) is 15.8 Å². The molecule has 6 rings (SSSR count). The van der Waals surface area contributed by atoms with Gasteiger partial charge in [0.05, 0.1) is 0 Å². The van der Waals surface area contributed by atoms with Gasteiger partial charge in [0.15, 0.2) is 0 Å². The molecule has 2 aromatic heterocycles. The molecule has 168 valence electrons. The van der Waals surface area contributed by atoms with Gasteiger partial charge in [0.1, 0.15) is 5.78 Å². The molecule has 0 N–H and O–H groups in total. The van der Waals surface area contributed by atoms with Crippen LogP contribution in [0.2, 0.25) is 0 Å². The number of carbonyl (C=O) groups is 1. The monoisotopic (exact) mass is 629 g/mol. The van der Waals surface area contributed by atoms with Crippen LogP contribution in [0.4, 0.5) is 0 Å². The van der Waals surface area contributed by atoms with E-state index < -0.39 is 0 Å². The van der Waals surface area contributed by atoms with Gasteiger partial charge in [-0.1, -0.05) is 70.8 Å². The third-order valence-electron chi connectivity index (χ3n) is 5.94. The fourth-order valence-corrected chi connectivity index (χ4v) is 4.29. The number of benzene rings is 4. The van der Waals surface area contributed by atoms with Gasteiger partial charge in [-0.05, 0) is 33.7 Å². The van der Waals surface area contributed by atoms with E-state index >= 15 is 0 Å². The average molecular weight is 630 g/mol. The number of pyridine rings is 2. The van der Waals surface area contributed by atoms with Crippen molar-refractivity contribution in [2.75, 3.05) is 0 Å². The fourth-order valence-electron chi connectivity index (χ4n) is 4.29. The van der Waals surface area contributed by atoms with Gasteiger partial charge >= 0.3 is 21.1 Å². The van der Waals surface area contributed by atoms with Crippen LogP contribution in [0.15, 0.2) is 109 Å². The molecule has 0 amide bonds. The first-order valence-electron chi connectivity index (χ1n) is 11.1. The maximum absolute atomic E-state index is 13.4. The fraction of sp³-hybridized carbons (Fsp3) is 0. The summed E-state index contributed by atoms with van der Waals surface area (Å²) in [5.74, 6) is -0.135. The largest absolute Gasteiger partial charge is 2.00 e. The summed E-state index contributed by atoms with van der Waals surface area (Å²) < 4.78 is 0. The summed E-state index contributed by atoms with van der Waals surface area (Å²) in [5, 5.41) is 4.25. The second-order valence-corrected chi connectivity index (χ2v) is 8.05. The summed E-state index contributed by atoms with van der Waals surface area (Å²) in [6.07, 6.45) is 3.57. The van der Waals surface area contributed by atoms with Gasteiger partial charge in [-0.15, -0.1) is 48.5 Å². The molecular formula is C31H18N2OPt. The molecule has 6 aromatic rings. The molecule has 4 aromatic carbocycles. The SMILES string of the molecule is O=C(c1[c-]c(-c2nccc3ccccc23)ccc1)c1[c-]c(-c2nccc3ccccc23)ccc1.[Pt+2]. The predicted octanol–water partition coefficient (Wildman–Crippen LogP) is 6.95. The van der Waals surface area contributed by atoms with E-state index in [-0.39, 0.29) is 26.8 Å². The smallest absolute Gasteiger partial charge is 0.336 e. The van der Waals surface area contributed by atoms with Crippen LogP contribution < -0.4 is 0 Å². The normalized spacial score (nSPS) is 10.7. The molecule has 3 nitrogen and oxygen atoms in total. The zero-order chi connectivity index (χ0) is 22.9. The van der Waals surface area contributed by atoms with Gasteiger partial charge in [0.25, 0.3) is 0 Å². The Kier molecular flexibility index (Phi) is 6.35. The maximum atomic E-state index is 13.4. The number of hydrogen-bond donors (Lipinski definition) is 0. The van der Waals surface area contributed by atoms with Crippen molar-refractivity contribution in [3.8, 4) is 22.5 Å². The number of hydrogen-bond acceptors (Lipinski definition) is 3. The van der Waals surface area contributed by atoms with Crippen LogP contribution in [0.1, 0.15) is 15.9 Å². The Morgan fingerprint density at radius 3 is 1.49 bits per heavy atom. The van der Waals surface area contributed by atoms with Crippen molar-refractivity contribution in [2.45, 2.75) is 0 Å². The van der Waals surface area contributed by atoms with Crippen molar-refractivity contribution in [1.29, 1.82) is 0 Å². The first-order chi connectivity index (χ1) is 16.8. The second kappa shape index (κ2) is 9.74. The Labute approximate surface area is 217 Å². The number of ketones is 1. The number of nitrogens with zero attached hydrogens (tertiary/aromatic N) is 2. The number of fused-ring (bicyclic) bond motifs is 2. The van der Waals surface area contributed by atoms with Gasteiger partial charge in [0, 0.05) is 23.8 Å². The minimum absolute atomic E-state index is 0. The number of rotatable bonds is 4. The van der Waals surface area contributed by atoms with E-state index in [1.807, 2.05) is 72.8 Å². The van der Waals surface area contributed by atoms with Crippen LogP contribution in [0, 0.1) is 12.1 Å². The van der Waals surface area contributed by atoms with Crippen LogP contribution in [-0.2, 0) is 21.1 Å². The van der Waals surface area contributed by atoms with Crippen molar-refractivity contribution in [3.05, 3.63) is 133 Å². The van der Waals surface area contributed by atoms with Crippen LogP contribution >= 0.6 is 0 Å². The van der Waals surface area contributed by atoms with E-state index in [2.05, 4.69) is 34.2 Å². The van der Waals surface area contributed by atoms with Crippen molar-refractivity contribution < 1.29 is 25.9 Å². The first kappa shape index (κ1) is 22.8. The average Bonchev–Trinajstić information content (AvgIpc) is 2.92. The quantitative estimate of drug-likeness (QED) is 0.157. The summed E-state index contributed by atoms with van der Waals surface area (Å²) >= 11 is 0. The molecular weight excluding hydrogens is 611 g/mol. The molecule has 0 saturated carbocycles. The Morgan fingerprint density at radius 1 is 0.543 bits per heavy atom. The van der Waals surface area contributed by atoms with Gasteiger partial charge < -0.3 is 4.79 Å². The van der Waals surface area contributed by atoms with E-state index in [0.29, 0.717) is 11.1 Å². The molecule has 35 heavy (non-hydrogen) atoms. The summed E-state index contributed by atoms with van der Waals surface area (Å²) in [6, 6.07) is 37.9. The molecule has 4 heteroatoms. The van der Waals surface area contributed by atoms with E-state index in [9.17, 15) is 4.79 Å². The van der Waals surface area contributed by atoms with Gasteiger partial charge in [-0.25, -0.2) is 0 Å². The third kappa shape index (κ3) is 4.31. The molecule has 0 aliphatic carbocycles. The Balaban J connectivity index is 0.00000253. The third-order valence-corrected chi connectivity index (χ3v) is 5.94.